The Kier molecular flexibility index (Phi) is 6.92. The molecule has 2 amide bonds. The summed E-state index contributed by atoms with van der Waals surface area (Å²) in [5, 5.41) is 15.4. The van der Waals surface area contributed by atoms with Gasteiger partial charge in [-0.25, -0.2) is 8.78 Å². The molecule has 2 aromatic rings. The van der Waals surface area contributed by atoms with E-state index in [1.54, 1.807) is 0 Å². The molecule has 2 rings (SSSR count). The van der Waals surface area contributed by atoms with Crippen LogP contribution in [0.1, 0.15) is 34.6 Å². The van der Waals surface area contributed by atoms with Gasteiger partial charge in [0, 0.05) is 36.5 Å². The Bertz CT molecular complexity index is 894. The molecule has 3 N–H and O–H groups in total. The van der Waals surface area contributed by atoms with Crippen molar-refractivity contribution in [2.24, 2.45) is 5.41 Å². The van der Waals surface area contributed by atoms with E-state index in [0.717, 1.165) is 18.7 Å². The SMILES string of the molecule is CN(C)CC(C)(C)CNC(=O)c1ccc(NC(=O)c2cc(F)cc(F)c2)cc1O. The van der Waals surface area contributed by atoms with Crippen LogP contribution >= 0.6 is 0 Å². The molecule has 0 aliphatic heterocycles. The van der Waals surface area contributed by atoms with Crippen molar-refractivity contribution in [3.63, 3.8) is 0 Å². The lowest BCUT2D eigenvalue weighted by molar-refractivity contribution is 0.0926. The minimum Gasteiger partial charge on any atom is -0.507 e. The van der Waals surface area contributed by atoms with E-state index in [4.69, 9.17) is 0 Å². The molecule has 0 aliphatic carbocycles. The molecule has 6 nitrogen and oxygen atoms in total. The highest BCUT2D eigenvalue weighted by molar-refractivity contribution is 6.05. The maximum Gasteiger partial charge on any atom is 0.255 e. The number of hydrogen-bond acceptors (Lipinski definition) is 4. The molecule has 0 bridgehead atoms. The van der Waals surface area contributed by atoms with Gasteiger partial charge >= 0.3 is 0 Å². The van der Waals surface area contributed by atoms with Gasteiger partial charge in [-0.05, 0) is 43.8 Å². The highest BCUT2D eigenvalue weighted by Crippen LogP contribution is 2.23. The minimum atomic E-state index is -0.873. The molecule has 0 radical (unpaired) electrons. The van der Waals surface area contributed by atoms with E-state index in [2.05, 4.69) is 10.6 Å². The second-order valence-corrected chi connectivity index (χ2v) is 7.93. The van der Waals surface area contributed by atoms with Gasteiger partial charge in [0.15, 0.2) is 0 Å². The van der Waals surface area contributed by atoms with Crippen LogP contribution in [0.25, 0.3) is 0 Å². The Balaban J connectivity index is 2.06. The molecule has 8 heteroatoms. The van der Waals surface area contributed by atoms with Crippen molar-refractivity contribution in [1.82, 2.24) is 10.2 Å². The summed E-state index contributed by atoms with van der Waals surface area (Å²) < 4.78 is 26.5. The summed E-state index contributed by atoms with van der Waals surface area (Å²) in [6.45, 7) is 5.21. The van der Waals surface area contributed by atoms with Gasteiger partial charge in [0.25, 0.3) is 11.8 Å². The number of benzene rings is 2. The highest BCUT2D eigenvalue weighted by Gasteiger charge is 2.21. The summed E-state index contributed by atoms with van der Waals surface area (Å²) in [7, 11) is 3.89. The van der Waals surface area contributed by atoms with Crippen LogP contribution in [0.3, 0.4) is 0 Å². The van der Waals surface area contributed by atoms with E-state index in [0.29, 0.717) is 12.6 Å². The zero-order valence-electron chi connectivity index (χ0n) is 16.8. The molecular weight excluding hydrogens is 380 g/mol. The molecule has 0 atom stereocenters. The number of aromatic hydroxyl groups is 1. The fourth-order valence-electron chi connectivity index (χ4n) is 3.02. The predicted molar refractivity (Wildman–Crippen MR) is 107 cm³/mol. The number of rotatable bonds is 7. The van der Waals surface area contributed by atoms with Crippen LogP contribution in [0.5, 0.6) is 5.75 Å². The summed E-state index contributed by atoms with van der Waals surface area (Å²) in [6, 6.07) is 6.45. The van der Waals surface area contributed by atoms with Gasteiger partial charge in [0.1, 0.15) is 17.4 Å². The van der Waals surface area contributed by atoms with Crippen LogP contribution < -0.4 is 10.6 Å². The smallest absolute Gasteiger partial charge is 0.255 e. The van der Waals surface area contributed by atoms with Gasteiger partial charge in [-0.2, -0.15) is 0 Å². The van der Waals surface area contributed by atoms with Crippen molar-refractivity contribution in [3.05, 3.63) is 59.2 Å². The first-order valence-corrected chi connectivity index (χ1v) is 9.00. The number of amides is 2. The van der Waals surface area contributed by atoms with Crippen LogP contribution in [-0.2, 0) is 0 Å². The lowest BCUT2D eigenvalue weighted by Crippen LogP contribution is -2.40. The Labute approximate surface area is 168 Å². The summed E-state index contributed by atoms with van der Waals surface area (Å²) in [4.78, 5) is 26.5. The number of nitrogens with one attached hydrogen (secondary N) is 2. The molecule has 0 spiro atoms. The van der Waals surface area contributed by atoms with E-state index in [1.807, 2.05) is 32.8 Å². The van der Waals surface area contributed by atoms with Crippen LogP contribution in [0.15, 0.2) is 36.4 Å². The van der Waals surface area contributed by atoms with Gasteiger partial charge in [-0.15, -0.1) is 0 Å². The quantitative estimate of drug-likeness (QED) is 0.661. The molecule has 0 aromatic heterocycles. The average Bonchev–Trinajstić information content (AvgIpc) is 2.58. The van der Waals surface area contributed by atoms with Crippen LogP contribution in [-0.4, -0.2) is 49.0 Å². The van der Waals surface area contributed by atoms with Gasteiger partial charge in [0.05, 0.1) is 5.56 Å². The van der Waals surface area contributed by atoms with E-state index in [9.17, 15) is 23.5 Å². The predicted octanol–water partition coefficient (Wildman–Crippen LogP) is 3.24. The van der Waals surface area contributed by atoms with Crippen LogP contribution in [0.2, 0.25) is 0 Å². The topological polar surface area (TPSA) is 81.7 Å². The van der Waals surface area contributed by atoms with E-state index < -0.39 is 23.4 Å². The highest BCUT2D eigenvalue weighted by atomic mass is 19.1. The Morgan fingerprint density at radius 2 is 1.66 bits per heavy atom. The normalized spacial score (nSPS) is 11.4. The molecule has 0 heterocycles. The number of phenols is 1. The third-order valence-corrected chi connectivity index (χ3v) is 4.10. The van der Waals surface area contributed by atoms with Gasteiger partial charge in [0.2, 0.25) is 0 Å². The number of anilines is 1. The first-order chi connectivity index (χ1) is 13.5. The van der Waals surface area contributed by atoms with Gasteiger partial charge in [-0.1, -0.05) is 13.8 Å². The first-order valence-electron chi connectivity index (χ1n) is 9.00. The molecule has 0 fully saturated rings. The van der Waals surface area contributed by atoms with Crippen molar-refractivity contribution in [2.45, 2.75) is 13.8 Å². The molecular formula is C21H25F2N3O3. The standard InChI is InChI=1S/C21H25F2N3O3/c1-21(2,12-26(3)4)11-24-20(29)17-6-5-16(10-18(17)27)25-19(28)13-7-14(22)9-15(23)8-13/h5-10,27H,11-12H2,1-4H3,(H,24,29)(H,25,28). The maximum atomic E-state index is 13.3. The van der Waals surface area contributed by atoms with E-state index in [-0.39, 0.29) is 28.0 Å². The third kappa shape index (κ3) is 6.53. The Morgan fingerprint density at radius 1 is 1.03 bits per heavy atom. The van der Waals surface area contributed by atoms with E-state index in [1.165, 1.54) is 18.2 Å². The number of carbonyl (C=O) groups is 2. The monoisotopic (exact) mass is 405 g/mol. The maximum absolute atomic E-state index is 13.3. The van der Waals surface area contributed by atoms with Gasteiger partial charge < -0.3 is 20.6 Å². The molecule has 0 aliphatic rings. The molecule has 2 aromatic carbocycles. The Hall–Kier alpha value is -3.00. The number of nitrogens with zero attached hydrogens (tertiary/aromatic N) is 1. The molecule has 0 saturated heterocycles. The van der Waals surface area contributed by atoms with Crippen molar-refractivity contribution < 1.29 is 23.5 Å². The number of carbonyl (C=O) groups excluding carboxylic acids is 2. The van der Waals surface area contributed by atoms with Crippen LogP contribution in [0.4, 0.5) is 14.5 Å². The Morgan fingerprint density at radius 3 is 2.21 bits per heavy atom. The fraction of sp³-hybridized carbons (Fsp3) is 0.333. The number of halogens is 2. The van der Waals surface area contributed by atoms with Crippen molar-refractivity contribution in [3.8, 4) is 5.75 Å². The van der Waals surface area contributed by atoms with E-state index >= 15 is 0 Å². The minimum absolute atomic E-state index is 0.0560. The van der Waals surface area contributed by atoms with Crippen LogP contribution in [0, 0.1) is 17.0 Å². The second kappa shape index (κ2) is 9.00. The zero-order chi connectivity index (χ0) is 21.8. The fourth-order valence-corrected chi connectivity index (χ4v) is 3.02. The number of phenolic OH excluding ortho intramolecular Hbond substituents is 1. The summed E-state index contributed by atoms with van der Waals surface area (Å²) in [6.07, 6.45) is 0. The largest absolute Gasteiger partial charge is 0.507 e. The summed E-state index contributed by atoms with van der Waals surface area (Å²) in [5.74, 6) is -3.26. The third-order valence-electron chi connectivity index (χ3n) is 4.10. The summed E-state index contributed by atoms with van der Waals surface area (Å²) in [5.41, 5.74) is -0.128. The van der Waals surface area contributed by atoms with Crippen molar-refractivity contribution in [2.75, 3.05) is 32.5 Å². The molecule has 0 saturated carbocycles. The molecule has 29 heavy (non-hydrogen) atoms. The van der Waals surface area contributed by atoms with Gasteiger partial charge in [-0.3, -0.25) is 9.59 Å². The van der Waals surface area contributed by atoms with Crippen molar-refractivity contribution >= 4 is 17.5 Å². The average molecular weight is 405 g/mol. The van der Waals surface area contributed by atoms with Crippen molar-refractivity contribution in [1.29, 1.82) is 0 Å². The number of hydrogen-bond donors (Lipinski definition) is 3. The molecule has 0 unspecified atom stereocenters. The zero-order valence-corrected chi connectivity index (χ0v) is 16.8. The lowest BCUT2D eigenvalue weighted by Gasteiger charge is -2.28. The molecule has 156 valence electrons. The first kappa shape index (κ1) is 22.3. The lowest BCUT2D eigenvalue weighted by atomic mass is 9.93. The second-order valence-electron chi connectivity index (χ2n) is 7.93. The summed E-state index contributed by atoms with van der Waals surface area (Å²) >= 11 is 0.